The van der Waals surface area contributed by atoms with Crippen LogP contribution in [0.5, 0.6) is 0 Å². The molecule has 0 aromatic heterocycles. The van der Waals surface area contributed by atoms with Gasteiger partial charge in [0.05, 0.1) is 5.02 Å². The van der Waals surface area contributed by atoms with Gasteiger partial charge in [-0.1, -0.05) is 51.0 Å². The molecule has 0 amide bonds. The highest BCUT2D eigenvalue weighted by Gasteiger charge is 1.96. The van der Waals surface area contributed by atoms with E-state index in [2.05, 4.69) is 27.8 Å². The molecule has 68 valence electrons. The summed E-state index contributed by atoms with van der Waals surface area (Å²) in [6, 6.07) is 5.30. The largest absolute Gasteiger partial charge is 0.0970 e. The van der Waals surface area contributed by atoms with E-state index < -0.39 is 0 Å². The summed E-state index contributed by atoms with van der Waals surface area (Å²) in [5, 5.41) is 2.12. The lowest BCUT2D eigenvalue weighted by molar-refractivity contribution is 1.32. The Bertz CT molecular complexity index is 350. The van der Waals surface area contributed by atoms with Crippen molar-refractivity contribution in [1.82, 2.24) is 0 Å². The zero-order valence-electron chi connectivity index (χ0n) is 6.78. The molecule has 0 atom stereocenters. The lowest BCUT2D eigenvalue weighted by Crippen LogP contribution is -1.77. The summed E-state index contributed by atoms with van der Waals surface area (Å²) in [6.45, 7) is 0. The second-order valence-electron chi connectivity index (χ2n) is 2.36. The maximum Gasteiger partial charge on any atom is 0.0577 e. The van der Waals surface area contributed by atoms with Crippen LogP contribution < -0.4 is 0 Å². The Morgan fingerprint density at radius 3 is 2.69 bits per heavy atom. The first-order chi connectivity index (χ1) is 6.24. The fourth-order valence-corrected chi connectivity index (χ4v) is 1.45. The van der Waals surface area contributed by atoms with Gasteiger partial charge >= 0.3 is 0 Å². The smallest absolute Gasteiger partial charge is 0.0577 e. The summed E-state index contributed by atoms with van der Waals surface area (Å²) < 4.78 is 0. The van der Waals surface area contributed by atoms with Gasteiger partial charge in [0.15, 0.2) is 0 Å². The maximum atomic E-state index is 5.91. The van der Waals surface area contributed by atoms with Crippen molar-refractivity contribution >= 4 is 39.1 Å². The lowest BCUT2D eigenvalue weighted by atomic mass is 10.2. The highest BCUT2D eigenvalue weighted by Crippen LogP contribution is 2.19. The highest BCUT2D eigenvalue weighted by molar-refractivity contribution is 9.09. The third-order valence-corrected chi connectivity index (χ3v) is 2.32. The van der Waals surface area contributed by atoms with Crippen LogP contribution in [-0.4, -0.2) is 5.33 Å². The Labute approximate surface area is 96.4 Å². The van der Waals surface area contributed by atoms with Crippen molar-refractivity contribution in [2.45, 2.75) is 6.42 Å². The van der Waals surface area contributed by atoms with Gasteiger partial charge in [0.25, 0.3) is 0 Å². The standard InChI is InChI=1S/C10H7BrCl2/c11-6-2-1-3-8-4-5-9(12)7-10(8)13/h4-5,7H,2,6H2. The van der Waals surface area contributed by atoms with Gasteiger partial charge in [-0.2, -0.15) is 0 Å². The molecule has 0 fully saturated rings. The van der Waals surface area contributed by atoms with Crippen LogP contribution in [0, 0.1) is 11.8 Å². The number of hydrogen-bond donors (Lipinski definition) is 0. The molecule has 0 spiro atoms. The predicted molar refractivity (Wildman–Crippen MR) is 61.8 cm³/mol. The molecule has 0 nitrogen and oxygen atoms in total. The second-order valence-corrected chi connectivity index (χ2v) is 4.00. The van der Waals surface area contributed by atoms with Crippen molar-refractivity contribution < 1.29 is 0 Å². The first-order valence-electron chi connectivity index (χ1n) is 3.74. The third-order valence-electron chi connectivity index (χ3n) is 1.37. The summed E-state index contributed by atoms with van der Waals surface area (Å²) in [4.78, 5) is 0. The van der Waals surface area contributed by atoms with Crippen LogP contribution in [0.25, 0.3) is 0 Å². The molecule has 0 heterocycles. The third kappa shape index (κ3) is 3.60. The van der Waals surface area contributed by atoms with Gasteiger partial charge in [0.1, 0.15) is 0 Å². The molecule has 3 heteroatoms. The van der Waals surface area contributed by atoms with Gasteiger partial charge in [-0.15, -0.1) is 0 Å². The van der Waals surface area contributed by atoms with E-state index >= 15 is 0 Å². The summed E-state index contributed by atoms with van der Waals surface area (Å²) in [6.07, 6.45) is 0.818. The van der Waals surface area contributed by atoms with Crippen LogP contribution >= 0.6 is 39.1 Å². The summed E-state index contributed by atoms with van der Waals surface area (Å²) in [5.74, 6) is 5.96. The first kappa shape index (κ1) is 10.9. The van der Waals surface area contributed by atoms with Crippen LogP contribution in [0.1, 0.15) is 12.0 Å². The van der Waals surface area contributed by atoms with E-state index in [0.717, 1.165) is 17.3 Å². The predicted octanol–water partition coefficient (Wildman–Crippen LogP) is 4.13. The van der Waals surface area contributed by atoms with Crippen molar-refractivity contribution in [2.75, 3.05) is 5.33 Å². The van der Waals surface area contributed by atoms with Crippen LogP contribution in [0.15, 0.2) is 18.2 Å². The van der Waals surface area contributed by atoms with Crippen LogP contribution in [0.4, 0.5) is 0 Å². The number of alkyl halides is 1. The molecular weight excluding hydrogens is 271 g/mol. The fraction of sp³-hybridized carbons (Fsp3) is 0.200. The zero-order chi connectivity index (χ0) is 9.68. The Balaban J connectivity index is 2.85. The van der Waals surface area contributed by atoms with Crippen molar-refractivity contribution in [3.8, 4) is 11.8 Å². The van der Waals surface area contributed by atoms with Crippen LogP contribution in [0.2, 0.25) is 10.0 Å². The molecule has 0 aliphatic heterocycles. The second kappa shape index (κ2) is 5.54. The maximum absolute atomic E-state index is 5.91. The molecule has 1 aromatic rings. The molecule has 1 rings (SSSR count). The summed E-state index contributed by atoms with van der Waals surface area (Å²) in [7, 11) is 0. The van der Waals surface area contributed by atoms with Crippen molar-refractivity contribution in [1.29, 1.82) is 0 Å². The van der Waals surface area contributed by atoms with Crippen LogP contribution in [-0.2, 0) is 0 Å². The zero-order valence-corrected chi connectivity index (χ0v) is 9.88. The molecule has 1 aromatic carbocycles. The molecule has 13 heavy (non-hydrogen) atoms. The van der Waals surface area contributed by atoms with Gasteiger partial charge in [-0.3, -0.25) is 0 Å². The topological polar surface area (TPSA) is 0 Å². The monoisotopic (exact) mass is 276 g/mol. The first-order valence-corrected chi connectivity index (χ1v) is 5.61. The fourth-order valence-electron chi connectivity index (χ4n) is 0.796. The summed E-state index contributed by atoms with van der Waals surface area (Å²) >= 11 is 14.9. The van der Waals surface area contributed by atoms with E-state index in [1.165, 1.54) is 0 Å². The quantitative estimate of drug-likeness (QED) is 0.535. The SMILES string of the molecule is Clc1ccc(C#CCCBr)c(Cl)c1. The number of benzene rings is 1. The van der Waals surface area contributed by atoms with E-state index in [4.69, 9.17) is 23.2 Å². The van der Waals surface area contributed by atoms with Crippen molar-refractivity contribution in [2.24, 2.45) is 0 Å². The molecular formula is C10H7BrCl2. The van der Waals surface area contributed by atoms with E-state index in [9.17, 15) is 0 Å². The molecule has 0 aliphatic rings. The van der Waals surface area contributed by atoms with Crippen molar-refractivity contribution in [3.05, 3.63) is 33.8 Å². The number of rotatable bonds is 1. The Morgan fingerprint density at radius 2 is 2.08 bits per heavy atom. The average Bonchev–Trinajstić information content (AvgIpc) is 2.09. The molecule has 0 aliphatic carbocycles. The molecule has 0 radical (unpaired) electrons. The van der Waals surface area contributed by atoms with Crippen molar-refractivity contribution in [3.63, 3.8) is 0 Å². The number of hydrogen-bond acceptors (Lipinski definition) is 0. The van der Waals surface area contributed by atoms with Gasteiger partial charge in [0.2, 0.25) is 0 Å². The van der Waals surface area contributed by atoms with E-state index in [1.54, 1.807) is 12.1 Å². The van der Waals surface area contributed by atoms with E-state index in [-0.39, 0.29) is 0 Å². The minimum Gasteiger partial charge on any atom is -0.0970 e. The normalized spacial score (nSPS) is 9.15. The average molecular weight is 278 g/mol. The number of halogens is 3. The van der Waals surface area contributed by atoms with E-state index in [1.807, 2.05) is 6.07 Å². The highest BCUT2D eigenvalue weighted by atomic mass is 79.9. The minimum atomic E-state index is 0.606. The lowest BCUT2D eigenvalue weighted by Gasteiger charge is -1.95. The Morgan fingerprint density at radius 1 is 1.31 bits per heavy atom. The molecule has 0 N–H and O–H groups in total. The molecule has 0 saturated heterocycles. The Hall–Kier alpha value is -0.160. The molecule has 0 unspecified atom stereocenters. The van der Waals surface area contributed by atoms with Gasteiger partial charge in [0, 0.05) is 22.3 Å². The van der Waals surface area contributed by atoms with E-state index in [0.29, 0.717) is 10.0 Å². The van der Waals surface area contributed by atoms with Crippen LogP contribution in [0.3, 0.4) is 0 Å². The van der Waals surface area contributed by atoms with Gasteiger partial charge in [-0.25, -0.2) is 0 Å². The summed E-state index contributed by atoms with van der Waals surface area (Å²) in [5.41, 5.74) is 0.826. The minimum absolute atomic E-state index is 0.606. The van der Waals surface area contributed by atoms with Gasteiger partial charge in [-0.05, 0) is 18.2 Å². The molecule has 0 saturated carbocycles. The Kier molecular flexibility index (Phi) is 4.66. The van der Waals surface area contributed by atoms with Gasteiger partial charge < -0.3 is 0 Å². The molecule has 0 bridgehead atoms.